The first-order valence-corrected chi connectivity index (χ1v) is 22.6. The lowest BCUT2D eigenvalue weighted by Gasteiger charge is -2.40. The van der Waals surface area contributed by atoms with Gasteiger partial charge in [0.1, 0.15) is 0 Å². The van der Waals surface area contributed by atoms with Crippen LogP contribution in [0.1, 0.15) is 22.3 Å². The second-order valence-corrected chi connectivity index (χ2v) is 17.4. The van der Waals surface area contributed by atoms with E-state index in [4.69, 9.17) is 21.5 Å². The van der Waals surface area contributed by atoms with Crippen molar-refractivity contribution in [1.82, 2.24) is 15.0 Å². The van der Waals surface area contributed by atoms with Gasteiger partial charge in [0, 0.05) is 16.7 Å². The number of nitrogens with zero attached hydrogens (tertiary/aromatic N) is 4. The van der Waals surface area contributed by atoms with Crippen molar-refractivity contribution in [3.63, 3.8) is 0 Å². The summed E-state index contributed by atoms with van der Waals surface area (Å²) < 4.78 is 0. The molecule has 0 fully saturated rings. The van der Waals surface area contributed by atoms with Crippen LogP contribution in [0.3, 0.4) is 0 Å². The fourth-order valence-electron chi connectivity index (χ4n) is 10.7. The Balaban J connectivity index is 0.962. The van der Waals surface area contributed by atoms with Crippen molar-refractivity contribution in [2.75, 3.05) is 0 Å². The van der Waals surface area contributed by atoms with Crippen LogP contribution in [-0.2, 0) is 5.41 Å². The number of hydrogen-bond donors (Lipinski definition) is 0. The molecule has 0 aliphatic heterocycles. The van der Waals surface area contributed by atoms with Crippen LogP contribution in [0.2, 0.25) is 0 Å². The topological polar surface area (TPSA) is 43.0 Å². The second-order valence-electron chi connectivity index (χ2n) is 17.4. The maximum Gasteiger partial charge on any atom is 0.187 e. The SMILES string of the molecule is [C-]#[N+]c1ccc(-c2ccc(-c3ccc4c(c3)C3(c5cc(-c6ccc(-c7nc(-c8ccccc8)nc(-c8ccccc8)n7)cc6)ccc5-4)c4ccccc4-c4cccc5cccc3c45)cc2)cc1. The van der Waals surface area contributed by atoms with E-state index < -0.39 is 5.41 Å². The van der Waals surface area contributed by atoms with Gasteiger partial charge < -0.3 is 0 Å². The molecule has 2 aliphatic rings. The van der Waals surface area contributed by atoms with E-state index in [0.717, 1.165) is 44.5 Å². The van der Waals surface area contributed by atoms with Gasteiger partial charge in [-0.2, -0.15) is 0 Å². The molecule has 67 heavy (non-hydrogen) atoms. The predicted molar refractivity (Wildman–Crippen MR) is 273 cm³/mol. The van der Waals surface area contributed by atoms with Crippen LogP contribution in [0, 0.1) is 6.57 Å². The molecule has 0 bridgehead atoms. The van der Waals surface area contributed by atoms with E-state index in [9.17, 15) is 0 Å². The van der Waals surface area contributed by atoms with Crippen molar-refractivity contribution < 1.29 is 0 Å². The lowest BCUT2D eigenvalue weighted by molar-refractivity contribution is 0.774. The highest BCUT2D eigenvalue weighted by Gasteiger charge is 2.50. The molecule has 1 aromatic heterocycles. The quantitative estimate of drug-likeness (QED) is 0.157. The fourth-order valence-corrected chi connectivity index (χ4v) is 10.7. The number of fused-ring (bicyclic) bond motifs is 9. The standard InChI is InChI=1S/C63H38N4/c1-64-50-34-30-41(31-35-50)40-22-24-42(25-23-40)48-32-36-52-53-37-33-49(39-58(53)63(57(52)38-48)55-20-9-8-18-51(55)54-19-10-16-44-17-11-21-56(63)59(44)54)43-26-28-47(29-27-43)62-66-60(45-12-4-2-5-13-45)65-61(67-62)46-14-6-3-7-15-46/h2-39H. The molecule has 310 valence electrons. The van der Waals surface area contributed by atoms with Crippen molar-refractivity contribution in [2.45, 2.75) is 5.41 Å². The predicted octanol–water partition coefficient (Wildman–Crippen LogP) is 15.9. The van der Waals surface area contributed by atoms with Crippen molar-refractivity contribution in [3.05, 3.63) is 264 Å². The van der Waals surface area contributed by atoms with E-state index in [1.807, 2.05) is 84.9 Å². The zero-order valence-electron chi connectivity index (χ0n) is 36.2. The summed E-state index contributed by atoms with van der Waals surface area (Å²) in [6.07, 6.45) is 0. The normalized spacial score (nSPS) is 14.0. The summed E-state index contributed by atoms with van der Waals surface area (Å²) in [5, 5.41) is 2.55. The Morgan fingerprint density at radius 1 is 0.299 bits per heavy atom. The number of benzene rings is 10. The maximum absolute atomic E-state index is 7.37. The average molecular weight is 851 g/mol. The summed E-state index contributed by atoms with van der Waals surface area (Å²) in [6, 6.07) is 82.3. The molecule has 4 heteroatoms. The van der Waals surface area contributed by atoms with Crippen molar-refractivity contribution in [2.24, 2.45) is 0 Å². The molecule has 10 aromatic carbocycles. The Morgan fingerprint density at radius 2 is 0.687 bits per heavy atom. The third-order valence-electron chi connectivity index (χ3n) is 13.8. The average Bonchev–Trinajstić information content (AvgIpc) is 3.69. The molecule has 4 nitrogen and oxygen atoms in total. The van der Waals surface area contributed by atoms with E-state index in [1.54, 1.807) is 0 Å². The molecule has 0 saturated carbocycles. The van der Waals surface area contributed by atoms with Gasteiger partial charge in [-0.15, -0.1) is 0 Å². The molecule has 0 N–H and O–H groups in total. The van der Waals surface area contributed by atoms with E-state index in [2.05, 4.69) is 150 Å². The summed E-state index contributed by atoms with van der Waals surface area (Å²) in [5.74, 6) is 1.92. The molecule has 13 rings (SSSR count). The van der Waals surface area contributed by atoms with Crippen LogP contribution in [0.4, 0.5) is 5.69 Å². The van der Waals surface area contributed by atoms with Gasteiger partial charge in [0.05, 0.1) is 12.0 Å². The minimum atomic E-state index is -0.585. The molecule has 0 radical (unpaired) electrons. The maximum atomic E-state index is 7.37. The minimum absolute atomic E-state index is 0.585. The highest BCUT2D eigenvalue weighted by molar-refractivity contribution is 6.07. The Kier molecular flexibility index (Phi) is 8.78. The van der Waals surface area contributed by atoms with Crippen LogP contribution in [0.15, 0.2) is 231 Å². The number of hydrogen-bond acceptors (Lipinski definition) is 3. The zero-order chi connectivity index (χ0) is 44.5. The summed E-state index contributed by atoms with van der Waals surface area (Å²) in [7, 11) is 0. The molecular formula is C63H38N4. The second kappa shape index (κ2) is 15.3. The van der Waals surface area contributed by atoms with Crippen LogP contribution in [0.5, 0.6) is 0 Å². The molecule has 1 spiro atoms. The molecule has 1 atom stereocenters. The first-order valence-electron chi connectivity index (χ1n) is 22.6. The highest BCUT2D eigenvalue weighted by Crippen LogP contribution is 2.62. The molecule has 1 heterocycles. The molecule has 0 amide bonds. The lowest BCUT2D eigenvalue weighted by atomic mass is 9.61. The van der Waals surface area contributed by atoms with Crippen LogP contribution in [0.25, 0.3) is 105 Å². The third kappa shape index (κ3) is 6.10. The lowest BCUT2D eigenvalue weighted by Crippen LogP contribution is -2.31. The van der Waals surface area contributed by atoms with Crippen molar-refractivity contribution in [1.29, 1.82) is 0 Å². The Hall–Kier alpha value is -9.04. The third-order valence-corrected chi connectivity index (χ3v) is 13.8. The van der Waals surface area contributed by atoms with Gasteiger partial charge in [-0.3, -0.25) is 0 Å². The van der Waals surface area contributed by atoms with Crippen LogP contribution < -0.4 is 0 Å². The molecule has 11 aromatic rings. The van der Waals surface area contributed by atoms with Crippen LogP contribution >= 0.6 is 0 Å². The summed E-state index contributed by atoms with van der Waals surface area (Å²) >= 11 is 0. The summed E-state index contributed by atoms with van der Waals surface area (Å²) in [4.78, 5) is 18.5. The highest BCUT2D eigenvalue weighted by atomic mass is 15.0. The smallest absolute Gasteiger partial charge is 0.187 e. The molecule has 1 unspecified atom stereocenters. The molecule has 2 aliphatic carbocycles. The number of aromatic nitrogens is 3. The number of rotatable bonds is 6. The fraction of sp³-hybridized carbons (Fsp3) is 0.0159. The Labute approximate surface area is 389 Å². The summed E-state index contributed by atoms with van der Waals surface area (Å²) in [6.45, 7) is 7.37. The van der Waals surface area contributed by atoms with Gasteiger partial charge in [0.15, 0.2) is 23.2 Å². The summed E-state index contributed by atoms with van der Waals surface area (Å²) in [5.41, 5.74) is 19.9. The van der Waals surface area contributed by atoms with Gasteiger partial charge in [0.25, 0.3) is 0 Å². The van der Waals surface area contributed by atoms with Gasteiger partial charge in [0.2, 0.25) is 0 Å². The van der Waals surface area contributed by atoms with E-state index >= 15 is 0 Å². The Morgan fingerprint density at radius 3 is 1.22 bits per heavy atom. The first kappa shape index (κ1) is 38.4. The van der Waals surface area contributed by atoms with Crippen molar-refractivity contribution in [3.8, 4) is 89.8 Å². The largest absolute Gasteiger partial charge is 0.238 e. The van der Waals surface area contributed by atoms with Gasteiger partial charge in [-0.1, -0.05) is 218 Å². The van der Waals surface area contributed by atoms with E-state index in [-0.39, 0.29) is 0 Å². The molecule has 0 saturated heterocycles. The van der Waals surface area contributed by atoms with E-state index in [0.29, 0.717) is 23.2 Å². The van der Waals surface area contributed by atoms with Crippen molar-refractivity contribution >= 4 is 16.5 Å². The van der Waals surface area contributed by atoms with E-state index in [1.165, 1.54) is 60.8 Å². The van der Waals surface area contributed by atoms with Gasteiger partial charge in [-0.25, -0.2) is 19.8 Å². The van der Waals surface area contributed by atoms with Crippen LogP contribution in [-0.4, -0.2) is 15.0 Å². The monoisotopic (exact) mass is 850 g/mol. The van der Waals surface area contributed by atoms with Gasteiger partial charge in [-0.05, 0) is 101 Å². The minimum Gasteiger partial charge on any atom is -0.238 e. The van der Waals surface area contributed by atoms with Gasteiger partial charge >= 0.3 is 0 Å². The zero-order valence-corrected chi connectivity index (χ0v) is 36.2. The Bertz CT molecular complexity index is 3720. The first-order chi connectivity index (χ1) is 33.1. The molecular weight excluding hydrogens is 813 g/mol.